The number of carbonyl (C=O) groups is 2. The highest BCUT2D eigenvalue weighted by Crippen LogP contribution is 2.36. The number of methoxy groups -OCH3 is 1. The van der Waals surface area contributed by atoms with Crippen molar-refractivity contribution in [2.75, 3.05) is 20.2 Å². The highest BCUT2D eigenvalue weighted by Gasteiger charge is 2.50. The zero-order valence-electron chi connectivity index (χ0n) is 13.6. The van der Waals surface area contributed by atoms with Crippen LogP contribution in [0.4, 0.5) is 0 Å². The number of ether oxygens (including phenoxy) is 1. The van der Waals surface area contributed by atoms with Gasteiger partial charge in [-0.3, -0.25) is 9.59 Å². The zero-order chi connectivity index (χ0) is 16.3. The summed E-state index contributed by atoms with van der Waals surface area (Å²) >= 11 is 0. The lowest BCUT2D eigenvalue weighted by Crippen LogP contribution is -2.60. The SMILES string of the molecule is COc1ccccc1CCC(=O)N1CCCC12CCCNC2=O. The number of nitrogens with one attached hydrogen (secondary N) is 1. The number of nitrogens with zero attached hydrogens (tertiary/aromatic N) is 1. The van der Waals surface area contributed by atoms with Gasteiger partial charge in [-0.1, -0.05) is 18.2 Å². The monoisotopic (exact) mass is 316 g/mol. The average Bonchev–Trinajstić information content (AvgIpc) is 3.00. The molecule has 2 aliphatic rings. The van der Waals surface area contributed by atoms with Crippen molar-refractivity contribution in [3.63, 3.8) is 0 Å². The van der Waals surface area contributed by atoms with Crippen LogP contribution in [0.1, 0.15) is 37.7 Å². The molecule has 1 atom stereocenters. The van der Waals surface area contributed by atoms with E-state index in [1.165, 1.54) is 0 Å². The maximum Gasteiger partial charge on any atom is 0.245 e. The van der Waals surface area contributed by atoms with E-state index >= 15 is 0 Å². The van der Waals surface area contributed by atoms with Crippen molar-refractivity contribution < 1.29 is 14.3 Å². The molecular formula is C18H24N2O3. The van der Waals surface area contributed by atoms with Crippen LogP contribution in [0.3, 0.4) is 0 Å². The molecule has 1 aromatic carbocycles. The zero-order valence-corrected chi connectivity index (χ0v) is 13.6. The Morgan fingerprint density at radius 2 is 2.09 bits per heavy atom. The van der Waals surface area contributed by atoms with Crippen LogP contribution in [-0.2, 0) is 16.0 Å². The lowest BCUT2D eigenvalue weighted by molar-refractivity contribution is -0.147. The smallest absolute Gasteiger partial charge is 0.245 e. The molecule has 2 amide bonds. The second kappa shape index (κ2) is 6.60. The number of piperidine rings is 1. The van der Waals surface area contributed by atoms with E-state index in [4.69, 9.17) is 4.74 Å². The first kappa shape index (κ1) is 15.8. The molecule has 1 spiro atoms. The molecule has 1 N–H and O–H groups in total. The van der Waals surface area contributed by atoms with Crippen LogP contribution in [0, 0.1) is 0 Å². The van der Waals surface area contributed by atoms with Gasteiger partial charge in [0.1, 0.15) is 11.3 Å². The third-order valence-corrected chi connectivity index (χ3v) is 5.07. The summed E-state index contributed by atoms with van der Waals surface area (Å²) in [6.07, 6.45) is 4.49. The van der Waals surface area contributed by atoms with Gasteiger partial charge in [0.25, 0.3) is 0 Å². The number of hydrogen-bond donors (Lipinski definition) is 1. The van der Waals surface area contributed by atoms with Gasteiger partial charge in [-0.25, -0.2) is 0 Å². The first-order chi connectivity index (χ1) is 11.2. The largest absolute Gasteiger partial charge is 0.496 e. The summed E-state index contributed by atoms with van der Waals surface area (Å²) in [7, 11) is 1.64. The molecule has 1 unspecified atom stereocenters. The summed E-state index contributed by atoms with van der Waals surface area (Å²) in [6.45, 7) is 1.42. The van der Waals surface area contributed by atoms with Crippen LogP contribution in [0.5, 0.6) is 5.75 Å². The second-order valence-electron chi connectivity index (χ2n) is 6.35. The summed E-state index contributed by atoms with van der Waals surface area (Å²) in [5.74, 6) is 0.921. The summed E-state index contributed by atoms with van der Waals surface area (Å²) < 4.78 is 5.34. The Hall–Kier alpha value is -2.04. The number of hydrogen-bond acceptors (Lipinski definition) is 3. The Morgan fingerprint density at radius 3 is 2.87 bits per heavy atom. The van der Waals surface area contributed by atoms with E-state index in [1.54, 1.807) is 7.11 Å². The van der Waals surface area contributed by atoms with Crippen molar-refractivity contribution in [1.29, 1.82) is 0 Å². The molecule has 2 fully saturated rings. The maximum atomic E-state index is 12.7. The Bertz CT molecular complexity index is 602. The summed E-state index contributed by atoms with van der Waals surface area (Å²) in [5.41, 5.74) is 0.445. The minimum atomic E-state index is -0.587. The third kappa shape index (κ3) is 2.92. The van der Waals surface area contributed by atoms with Gasteiger partial charge in [0.05, 0.1) is 7.11 Å². The molecule has 2 aliphatic heterocycles. The molecule has 2 heterocycles. The van der Waals surface area contributed by atoms with Gasteiger partial charge in [-0.05, 0) is 43.7 Å². The topological polar surface area (TPSA) is 58.6 Å². The Morgan fingerprint density at radius 1 is 1.30 bits per heavy atom. The fourth-order valence-corrected chi connectivity index (χ4v) is 3.88. The molecule has 2 saturated heterocycles. The van der Waals surface area contributed by atoms with Gasteiger partial charge in [0, 0.05) is 19.5 Å². The fourth-order valence-electron chi connectivity index (χ4n) is 3.88. The first-order valence-electron chi connectivity index (χ1n) is 8.38. The Labute approximate surface area is 137 Å². The Balaban J connectivity index is 1.69. The number of para-hydroxylation sites is 1. The van der Waals surface area contributed by atoms with Crippen molar-refractivity contribution in [3.8, 4) is 5.75 Å². The standard InChI is InChI=1S/C18H24N2O3/c1-23-15-7-3-2-6-14(15)8-9-16(21)20-13-5-11-18(20)10-4-12-19-17(18)22/h2-3,6-7H,4-5,8-13H2,1H3,(H,19,22). The van der Waals surface area contributed by atoms with Gasteiger partial charge >= 0.3 is 0 Å². The predicted molar refractivity (Wildman–Crippen MR) is 87.2 cm³/mol. The normalized spacial score (nSPS) is 23.9. The van der Waals surface area contributed by atoms with Gasteiger partial charge in [-0.2, -0.15) is 0 Å². The number of benzene rings is 1. The van der Waals surface area contributed by atoms with Gasteiger partial charge in [0.15, 0.2) is 0 Å². The third-order valence-electron chi connectivity index (χ3n) is 5.07. The van der Waals surface area contributed by atoms with E-state index < -0.39 is 5.54 Å². The quantitative estimate of drug-likeness (QED) is 0.923. The predicted octanol–water partition coefficient (Wildman–Crippen LogP) is 1.90. The number of rotatable bonds is 4. The number of likely N-dealkylation sites (tertiary alicyclic amines) is 1. The molecule has 5 nitrogen and oxygen atoms in total. The van der Waals surface area contributed by atoms with Crippen LogP contribution in [0.2, 0.25) is 0 Å². The summed E-state index contributed by atoms with van der Waals surface area (Å²) in [5, 5.41) is 2.94. The van der Waals surface area contributed by atoms with Crippen LogP contribution < -0.4 is 10.1 Å². The van der Waals surface area contributed by atoms with Crippen LogP contribution in [-0.4, -0.2) is 42.5 Å². The van der Waals surface area contributed by atoms with Crippen molar-refractivity contribution in [2.24, 2.45) is 0 Å². The minimum Gasteiger partial charge on any atom is -0.496 e. The van der Waals surface area contributed by atoms with Gasteiger partial charge in [-0.15, -0.1) is 0 Å². The Kier molecular flexibility index (Phi) is 4.55. The van der Waals surface area contributed by atoms with E-state index in [0.717, 1.165) is 43.5 Å². The lowest BCUT2D eigenvalue weighted by Gasteiger charge is -2.40. The molecule has 124 valence electrons. The molecule has 5 heteroatoms. The molecule has 23 heavy (non-hydrogen) atoms. The fraction of sp³-hybridized carbons (Fsp3) is 0.556. The van der Waals surface area contributed by atoms with E-state index in [1.807, 2.05) is 29.2 Å². The molecular weight excluding hydrogens is 292 g/mol. The molecule has 3 rings (SSSR count). The van der Waals surface area contributed by atoms with Crippen molar-refractivity contribution >= 4 is 11.8 Å². The van der Waals surface area contributed by atoms with E-state index in [-0.39, 0.29) is 11.8 Å². The van der Waals surface area contributed by atoms with E-state index in [0.29, 0.717) is 19.4 Å². The molecule has 0 aliphatic carbocycles. The number of aryl methyl sites for hydroxylation is 1. The summed E-state index contributed by atoms with van der Waals surface area (Å²) in [4.78, 5) is 27.0. The highest BCUT2D eigenvalue weighted by molar-refractivity contribution is 5.92. The van der Waals surface area contributed by atoms with E-state index in [2.05, 4.69) is 5.32 Å². The maximum absolute atomic E-state index is 12.7. The van der Waals surface area contributed by atoms with Crippen LogP contribution in [0.15, 0.2) is 24.3 Å². The second-order valence-corrected chi connectivity index (χ2v) is 6.35. The molecule has 0 bridgehead atoms. The van der Waals surface area contributed by atoms with Gasteiger partial charge < -0.3 is 15.0 Å². The average molecular weight is 316 g/mol. The highest BCUT2D eigenvalue weighted by atomic mass is 16.5. The lowest BCUT2D eigenvalue weighted by atomic mass is 9.86. The summed E-state index contributed by atoms with van der Waals surface area (Å²) in [6, 6.07) is 7.77. The molecule has 0 radical (unpaired) electrons. The molecule has 1 aromatic rings. The van der Waals surface area contributed by atoms with Crippen molar-refractivity contribution in [1.82, 2.24) is 10.2 Å². The molecule has 0 saturated carbocycles. The number of carbonyl (C=O) groups excluding carboxylic acids is 2. The van der Waals surface area contributed by atoms with Crippen LogP contribution in [0.25, 0.3) is 0 Å². The minimum absolute atomic E-state index is 0.0342. The van der Waals surface area contributed by atoms with E-state index in [9.17, 15) is 9.59 Å². The van der Waals surface area contributed by atoms with Crippen molar-refractivity contribution in [2.45, 2.75) is 44.1 Å². The van der Waals surface area contributed by atoms with Crippen molar-refractivity contribution in [3.05, 3.63) is 29.8 Å². The number of amides is 2. The van der Waals surface area contributed by atoms with Gasteiger partial charge in [0.2, 0.25) is 11.8 Å². The van der Waals surface area contributed by atoms with Crippen LogP contribution >= 0.6 is 0 Å². The first-order valence-corrected chi connectivity index (χ1v) is 8.38. The molecule has 0 aromatic heterocycles.